The lowest BCUT2D eigenvalue weighted by Gasteiger charge is -2.08. The van der Waals surface area contributed by atoms with Crippen molar-refractivity contribution in [2.45, 2.75) is 36.6 Å². The number of aromatic nitrogens is 7. The molecule has 0 radical (unpaired) electrons. The van der Waals surface area contributed by atoms with Gasteiger partial charge in [-0.15, -0.1) is 15.3 Å². The van der Waals surface area contributed by atoms with E-state index in [4.69, 9.17) is 0 Å². The number of hydrogen-bond donors (Lipinski definition) is 1. The van der Waals surface area contributed by atoms with Gasteiger partial charge in [0.1, 0.15) is 11.6 Å². The zero-order valence-corrected chi connectivity index (χ0v) is 15.2. The van der Waals surface area contributed by atoms with Gasteiger partial charge in [-0.3, -0.25) is 18.9 Å². The van der Waals surface area contributed by atoms with Crippen molar-refractivity contribution in [2.24, 2.45) is 7.05 Å². The maximum Gasteiger partial charge on any atom is 0.262 e. The van der Waals surface area contributed by atoms with E-state index in [-0.39, 0.29) is 5.56 Å². The predicted octanol–water partition coefficient (Wildman–Crippen LogP) is 2.18. The lowest BCUT2D eigenvalue weighted by atomic mass is 10.1. The molecule has 0 saturated heterocycles. The zero-order chi connectivity index (χ0) is 17.8. The molecule has 0 aliphatic heterocycles. The van der Waals surface area contributed by atoms with Crippen LogP contribution >= 0.6 is 11.8 Å². The van der Waals surface area contributed by atoms with Gasteiger partial charge in [0.2, 0.25) is 10.9 Å². The maximum atomic E-state index is 12.6. The number of nitrogens with one attached hydrogen (secondary N) is 1. The highest BCUT2D eigenvalue weighted by molar-refractivity contribution is 7.98. The number of aromatic amines is 1. The molecule has 1 fully saturated rings. The predicted molar refractivity (Wildman–Crippen MR) is 98.4 cm³/mol. The third-order valence-corrected chi connectivity index (χ3v) is 5.56. The van der Waals surface area contributed by atoms with Gasteiger partial charge < -0.3 is 0 Å². The summed E-state index contributed by atoms with van der Waals surface area (Å²) in [6.45, 7) is 1.98. The Labute approximate surface area is 152 Å². The number of aryl methyl sites for hydroxylation is 2. The van der Waals surface area contributed by atoms with Gasteiger partial charge in [0.15, 0.2) is 0 Å². The van der Waals surface area contributed by atoms with Crippen LogP contribution in [0.3, 0.4) is 0 Å². The quantitative estimate of drug-likeness (QED) is 0.556. The molecule has 1 saturated carbocycles. The third-order valence-electron chi connectivity index (χ3n) is 4.72. The summed E-state index contributed by atoms with van der Waals surface area (Å²) in [4.78, 5) is 17.1. The van der Waals surface area contributed by atoms with Crippen LogP contribution in [0.25, 0.3) is 16.7 Å². The van der Waals surface area contributed by atoms with Crippen LogP contribution in [0.15, 0.2) is 28.2 Å². The third kappa shape index (κ3) is 2.42. The Bertz CT molecular complexity index is 1200. The van der Waals surface area contributed by atoms with E-state index in [0.717, 1.165) is 22.7 Å². The number of H-pyrrole nitrogens is 1. The molecule has 1 aliphatic carbocycles. The van der Waals surface area contributed by atoms with Gasteiger partial charge in [-0.05, 0) is 31.9 Å². The fourth-order valence-corrected chi connectivity index (χ4v) is 3.86. The first kappa shape index (κ1) is 15.6. The van der Waals surface area contributed by atoms with Crippen LogP contribution in [0.4, 0.5) is 0 Å². The molecule has 0 bridgehead atoms. The number of nitrogens with zero attached hydrogens (tertiary/aromatic N) is 6. The molecule has 8 nitrogen and oxygen atoms in total. The van der Waals surface area contributed by atoms with Crippen LogP contribution in [0.1, 0.15) is 36.0 Å². The van der Waals surface area contributed by atoms with Crippen LogP contribution in [0.2, 0.25) is 0 Å². The summed E-state index contributed by atoms with van der Waals surface area (Å²) >= 11 is 1.52. The molecule has 1 N–H and O–H groups in total. The van der Waals surface area contributed by atoms with Crippen LogP contribution in [0, 0.1) is 6.92 Å². The highest BCUT2D eigenvalue weighted by Gasteiger charge is 2.27. The first-order chi connectivity index (χ1) is 12.6. The number of thioether (sulfide) groups is 1. The highest BCUT2D eigenvalue weighted by Crippen LogP contribution is 2.38. The van der Waals surface area contributed by atoms with Gasteiger partial charge in [-0.2, -0.15) is 0 Å². The molecule has 26 heavy (non-hydrogen) atoms. The Morgan fingerprint density at radius 2 is 2.15 bits per heavy atom. The normalized spacial score (nSPS) is 14.5. The van der Waals surface area contributed by atoms with E-state index in [1.54, 1.807) is 11.6 Å². The molecule has 3 heterocycles. The number of rotatable bonds is 4. The maximum absolute atomic E-state index is 12.6. The van der Waals surface area contributed by atoms with Gasteiger partial charge >= 0.3 is 0 Å². The Morgan fingerprint density at radius 3 is 2.96 bits per heavy atom. The second kappa shape index (κ2) is 5.66. The first-order valence-electron chi connectivity index (χ1n) is 8.50. The van der Waals surface area contributed by atoms with Gasteiger partial charge in [-0.1, -0.05) is 23.4 Å². The number of fused-ring (bicyclic) bond motifs is 3. The molecular formula is C17H17N7OS. The molecule has 132 valence electrons. The van der Waals surface area contributed by atoms with Crippen molar-refractivity contribution in [3.8, 4) is 0 Å². The monoisotopic (exact) mass is 367 g/mol. The summed E-state index contributed by atoms with van der Waals surface area (Å²) < 4.78 is 3.48. The molecule has 0 spiro atoms. The molecule has 5 rings (SSSR count). The minimum absolute atomic E-state index is 0.0640. The minimum Gasteiger partial charge on any atom is -0.279 e. The van der Waals surface area contributed by atoms with E-state index < -0.39 is 0 Å². The van der Waals surface area contributed by atoms with Gasteiger partial charge in [0, 0.05) is 13.0 Å². The Hall–Kier alpha value is -2.68. The van der Waals surface area contributed by atoms with Gasteiger partial charge in [0.25, 0.3) is 5.56 Å². The van der Waals surface area contributed by atoms with E-state index in [0.29, 0.717) is 28.0 Å². The van der Waals surface area contributed by atoms with Crippen molar-refractivity contribution in [1.82, 2.24) is 34.3 Å². The average Bonchev–Trinajstić information content (AvgIpc) is 3.23. The Balaban J connectivity index is 1.57. The van der Waals surface area contributed by atoms with Crippen molar-refractivity contribution in [1.29, 1.82) is 0 Å². The fourth-order valence-electron chi connectivity index (χ4n) is 3.14. The first-order valence-corrected chi connectivity index (χ1v) is 9.49. The lowest BCUT2D eigenvalue weighted by molar-refractivity contribution is 0.857. The van der Waals surface area contributed by atoms with Gasteiger partial charge in [0.05, 0.1) is 16.7 Å². The smallest absolute Gasteiger partial charge is 0.262 e. The van der Waals surface area contributed by atoms with Gasteiger partial charge in [-0.25, -0.2) is 4.98 Å². The van der Waals surface area contributed by atoms with Crippen LogP contribution in [0.5, 0.6) is 0 Å². The molecule has 1 aromatic carbocycles. The fraction of sp³-hybridized carbons (Fsp3) is 0.353. The molecule has 4 aromatic rings. The number of benzene rings is 1. The largest absolute Gasteiger partial charge is 0.279 e. The summed E-state index contributed by atoms with van der Waals surface area (Å²) in [5, 5.41) is 17.2. The number of hydrogen-bond acceptors (Lipinski definition) is 6. The Morgan fingerprint density at radius 1 is 1.31 bits per heavy atom. The summed E-state index contributed by atoms with van der Waals surface area (Å²) in [6, 6.07) is 5.86. The molecule has 0 unspecified atom stereocenters. The van der Waals surface area contributed by atoms with Crippen molar-refractivity contribution in [3.63, 3.8) is 0 Å². The molecule has 0 atom stereocenters. The Kier molecular flexibility index (Phi) is 3.39. The van der Waals surface area contributed by atoms with Crippen LogP contribution in [-0.4, -0.2) is 34.3 Å². The molecular weight excluding hydrogens is 350 g/mol. The van der Waals surface area contributed by atoms with Crippen molar-refractivity contribution < 1.29 is 0 Å². The second-order valence-corrected chi connectivity index (χ2v) is 7.65. The van der Waals surface area contributed by atoms with E-state index in [1.807, 2.05) is 29.5 Å². The molecule has 3 aromatic heterocycles. The van der Waals surface area contributed by atoms with E-state index in [1.165, 1.54) is 24.6 Å². The second-order valence-electron chi connectivity index (χ2n) is 6.70. The van der Waals surface area contributed by atoms with Crippen LogP contribution in [-0.2, 0) is 12.8 Å². The van der Waals surface area contributed by atoms with Crippen molar-refractivity contribution in [2.75, 3.05) is 0 Å². The van der Waals surface area contributed by atoms with Crippen molar-refractivity contribution >= 4 is 28.4 Å². The van der Waals surface area contributed by atoms with E-state index >= 15 is 0 Å². The zero-order valence-electron chi connectivity index (χ0n) is 14.4. The summed E-state index contributed by atoms with van der Waals surface area (Å²) in [5.41, 5.74) is 1.81. The summed E-state index contributed by atoms with van der Waals surface area (Å²) in [6.07, 6.45) is 2.38. The standard InChI is InChI=1S/C17H17N7OS/c1-9-3-6-12-11(7-9)15(25)23(2)17-22-19-13(24(12)17)8-26-16-18-14(20-21-16)10-4-5-10/h3,6-7,10H,4-5,8H2,1-2H3,(H,18,20,21). The molecule has 9 heteroatoms. The van der Waals surface area contributed by atoms with E-state index in [9.17, 15) is 4.79 Å². The molecule has 1 aliphatic rings. The van der Waals surface area contributed by atoms with E-state index in [2.05, 4.69) is 25.4 Å². The highest BCUT2D eigenvalue weighted by atomic mass is 32.2. The minimum atomic E-state index is -0.0640. The topological polar surface area (TPSA) is 93.8 Å². The van der Waals surface area contributed by atoms with Crippen molar-refractivity contribution in [3.05, 3.63) is 45.8 Å². The summed E-state index contributed by atoms with van der Waals surface area (Å²) in [7, 11) is 1.72. The molecule has 0 amide bonds. The lowest BCUT2D eigenvalue weighted by Crippen LogP contribution is -2.20. The SMILES string of the molecule is Cc1ccc2c(c1)c(=O)n(C)c1nnc(CSc3n[nH]c(C4CC4)n3)n21. The van der Waals surface area contributed by atoms with Crippen LogP contribution < -0.4 is 5.56 Å². The summed E-state index contributed by atoms with van der Waals surface area (Å²) in [5.74, 6) is 3.40. The average molecular weight is 367 g/mol.